The Morgan fingerprint density at radius 1 is 0.882 bits per heavy atom. The molecular weight excluding hydrogens is 566 g/mol. The van der Waals surface area contributed by atoms with Gasteiger partial charge in [0, 0.05) is 23.4 Å². The molecule has 0 radical (unpaired) electrons. The molecule has 34 heavy (non-hydrogen) atoms. The Bertz CT molecular complexity index is 1050. The number of carbonyl (C=O) groups excluding carboxylic acids is 1. The summed E-state index contributed by atoms with van der Waals surface area (Å²) in [5, 5.41) is 0. The molecule has 1 saturated carbocycles. The Kier molecular flexibility index (Phi) is 8.89. The fourth-order valence-corrected chi connectivity index (χ4v) is 5.45. The molecule has 0 saturated heterocycles. The third-order valence-corrected chi connectivity index (χ3v) is 7.19. The van der Waals surface area contributed by atoms with Crippen LogP contribution in [0.1, 0.15) is 60.5 Å². The number of hydrogen-bond acceptors (Lipinski definition) is 6. The SMILES string of the molecule is Brc1cc(C=NC2CCCCC2)cc2c1OCCO2.CCc1c(C=O)cc(Br)c2c1OCCO2. The average Bonchev–Trinajstić information content (AvgIpc) is 2.88. The van der Waals surface area contributed by atoms with Crippen LogP contribution in [-0.4, -0.2) is 45.0 Å². The van der Waals surface area contributed by atoms with Crippen molar-refractivity contribution in [1.29, 1.82) is 0 Å². The number of halogens is 2. The number of rotatable bonds is 4. The molecule has 5 rings (SSSR count). The van der Waals surface area contributed by atoms with Crippen molar-refractivity contribution >= 4 is 44.4 Å². The van der Waals surface area contributed by atoms with Gasteiger partial charge in [-0.25, -0.2) is 0 Å². The molecule has 182 valence electrons. The lowest BCUT2D eigenvalue weighted by atomic mass is 9.96. The molecule has 0 N–H and O–H groups in total. The molecule has 2 aromatic carbocycles. The Balaban J connectivity index is 0.000000166. The fraction of sp³-hybridized carbons (Fsp3) is 0.462. The molecule has 2 aliphatic heterocycles. The van der Waals surface area contributed by atoms with Crippen LogP contribution in [0.4, 0.5) is 0 Å². The molecule has 0 spiro atoms. The lowest BCUT2D eigenvalue weighted by molar-refractivity contribution is 0.112. The van der Waals surface area contributed by atoms with Gasteiger partial charge in [0.25, 0.3) is 0 Å². The summed E-state index contributed by atoms with van der Waals surface area (Å²) >= 11 is 6.91. The van der Waals surface area contributed by atoms with E-state index in [1.54, 1.807) is 6.07 Å². The lowest BCUT2D eigenvalue weighted by Crippen LogP contribution is -2.17. The topological polar surface area (TPSA) is 66.4 Å². The van der Waals surface area contributed by atoms with Crippen molar-refractivity contribution in [2.45, 2.75) is 51.5 Å². The molecule has 6 nitrogen and oxygen atoms in total. The van der Waals surface area contributed by atoms with Gasteiger partial charge >= 0.3 is 0 Å². The van der Waals surface area contributed by atoms with Crippen molar-refractivity contribution in [1.82, 2.24) is 0 Å². The zero-order chi connectivity index (χ0) is 23.9. The second-order valence-corrected chi connectivity index (χ2v) is 10.1. The molecule has 0 amide bonds. The Labute approximate surface area is 217 Å². The van der Waals surface area contributed by atoms with Gasteiger partial charge in [0.05, 0.1) is 8.95 Å². The second-order valence-electron chi connectivity index (χ2n) is 8.35. The smallest absolute Gasteiger partial charge is 0.175 e. The highest BCUT2D eigenvalue weighted by molar-refractivity contribution is 9.11. The Hall–Kier alpha value is -2.06. The molecule has 8 heteroatoms. The van der Waals surface area contributed by atoms with Gasteiger partial charge in [0.1, 0.15) is 26.4 Å². The number of carbonyl (C=O) groups is 1. The summed E-state index contributed by atoms with van der Waals surface area (Å²) in [5.41, 5.74) is 2.65. The fourth-order valence-electron chi connectivity index (χ4n) is 4.34. The van der Waals surface area contributed by atoms with Crippen LogP contribution in [0, 0.1) is 0 Å². The zero-order valence-corrected chi connectivity index (χ0v) is 22.5. The van der Waals surface area contributed by atoms with Crippen LogP contribution >= 0.6 is 31.9 Å². The van der Waals surface area contributed by atoms with E-state index in [-0.39, 0.29) is 0 Å². The van der Waals surface area contributed by atoms with Gasteiger partial charge < -0.3 is 18.9 Å². The van der Waals surface area contributed by atoms with Crippen molar-refractivity contribution in [2.24, 2.45) is 4.99 Å². The van der Waals surface area contributed by atoms with E-state index in [0.717, 1.165) is 44.3 Å². The zero-order valence-electron chi connectivity index (χ0n) is 19.3. The van der Waals surface area contributed by atoms with Gasteiger partial charge in [-0.3, -0.25) is 9.79 Å². The van der Waals surface area contributed by atoms with Crippen molar-refractivity contribution in [3.8, 4) is 23.0 Å². The van der Waals surface area contributed by atoms with E-state index < -0.39 is 0 Å². The van der Waals surface area contributed by atoms with Gasteiger partial charge in [-0.1, -0.05) is 26.2 Å². The van der Waals surface area contributed by atoms with E-state index >= 15 is 0 Å². The van der Waals surface area contributed by atoms with Crippen molar-refractivity contribution in [3.05, 3.63) is 43.8 Å². The molecule has 1 fully saturated rings. The number of hydrogen-bond donors (Lipinski definition) is 0. The number of nitrogens with zero attached hydrogens (tertiary/aromatic N) is 1. The molecular formula is C26H29Br2NO5. The minimum atomic E-state index is 0.501. The molecule has 0 atom stereocenters. The minimum absolute atomic E-state index is 0.501. The molecule has 2 heterocycles. The summed E-state index contributed by atoms with van der Waals surface area (Å²) in [4.78, 5) is 15.6. The first kappa shape index (κ1) is 25.0. The van der Waals surface area contributed by atoms with Crippen LogP contribution in [-0.2, 0) is 6.42 Å². The summed E-state index contributed by atoms with van der Waals surface area (Å²) in [5.74, 6) is 3.04. The number of fused-ring (bicyclic) bond motifs is 2. The van der Waals surface area contributed by atoms with Crippen molar-refractivity contribution in [2.75, 3.05) is 26.4 Å². The Morgan fingerprint density at radius 3 is 2.24 bits per heavy atom. The van der Waals surface area contributed by atoms with Crippen molar-refractivity contribution in [3.63, 3.8) is 0 Å². The van der Waals surface area contributed by atoms with E-state index in [1.807, 2.05) is 25.3 Å². The summed E-state index contributed by atoms with van der Waals surface area (Å²) in [6.45, 7) is 4.31. The second kappa shape index (κ2) is 12.1. The lowest BCUT2D eigenvalue weighted by Gasteiger charge is -2.22. The molecule has 3 aliphatic rings. The maximum absolute atomic E-state index is 10.9. The highest BCUT2D eigenvalue weighted by Gasteiger charge is 2.21. The van der Waals surface area contributed by atoms with Crippen LogP contribution in [0.15, 0.2) is 32.1 Å². The molecule has 1 aliphatic carbocycles. The van der Waals surface area contributed by atoms with Gasteiger partial charge in [-0.2, -0.15) is 0 Å². The third-order valence-electron chi connectivity index (χ3n) is 6.01. The number of aldehydes is 1. The summed E-state index contributed by atoms with van der Waals surface area (Å²) in [7, 11) is 0. The molecule has 0 aromatic heterocycles. The third kappa shape index (κ3) is 5.95. The standard InChI is InChI=1S/C15H18BrNO2.C11H11BrO3/c16-13-8-11(9-14-15(13)19-7-6-18-14)10-17-12-4-2-1-3-5-12;1-2-8-7(6-13)5-9(12)11-10(8)14-3-4-15-11/h8-10,12H,1-7H2;5-6H,2-4H2,1H3. The van der Waals surface area contributed by atoms with Crippen LogP contribution in [0.5, 0.6) is 23.0 Å². The molecule has 0 unspecified atom stereocenters. The monoisotopic (exact) mass is 593 g/mol. The minimum Gasteiger partial charge on any atom is -0.486 e. The van der Waals surface area contributed by atoms with E-state index in [2.05, 4.69) is 31.9 Å². The average molecular weight is 595 g/mol. The van der Waals surface area contributed by atoms with Gasteiger partial charge in [0.15, 0.2) is 29.3 Å². The van der Waals surface area contributed by atoms with Gasteiger partial charge in [0.2, 0.25) is 0 Å². The van der Waals surface area contributed by atoms with Crippen LogP contribution in [0.25, 0.3) is 0 Å². The van der Waals surface area contributed by atoms with E-state index in [9.17, 15) is 4.79 Å². The van der Waals surface area contributed by atoms with E-state index in [4.69, 9.17) is 23.9 Å². The maximum atomic E-state index is 10.9. The molecule has 0 bridgehead atoms. The highest BCUT2D eigenvalue weighted by atomic mass is 79.9. The summed E-state index contributed by atoms with van der Waals surface area (Å²) < 4.78 is 24.0. The summed E-state index contributed by atoms with van der Waals surface area (Å²) in [6, 6.07) is 6.32. The van der Waals surface area contributed by atoms with E-state index in [1.165, 1.54) is 32.1 Å². The first-order valence-electron chi connectivity index (χ1n) is 11.8. The van der Waals surface area contributed by atoms with Gasteiger partial charge in [-0.05, 0) is 74.9 Å². The first-order chi connectivity index (χ1) is 16.6. The normalized spacial score (nSPS) is 17.1. The largest absolute Gasteiger partial charge is 0.486 e. The first-order valence-corrected chi connectivity index (χ1v) is 13.4. The number of benzene rings is 2. The van der Waals surface area contributed by atoms with Gasteiger partial charge in [-0.15, -0.1) is 0 Å². The van der Waals surface area contributed by atoms with Crippen LogP contribution in [0.3, 0.4) is 0 Å². The van der Waals surface area contributed by atoms with Crippen LogP contribution < -0.4 is 18.9 Å². The Morgan fingerprint density at radius 2 is 1.53 bits per heavy atom. The predicted octanol–water partition coefficient (Wildman–Crippen LogP) is 6.57. The van der Waals surface area contributed by atoms with E-state index in [0.29, 0.717) is 49.5 Å². The molecule has 2 aromatic rings. The van der Waals surface area contributed by atoms with Crippen LogP contribution in [0.2, 0.25) is 0 Å². The maximum Gasteiger partial charge on any atom is 0.175 e. The number of aliphatic imine (C=N–C) groups is 1. The van der Waals surface area contributed by atoms with Crippen molar-refractivity contribution < 1.29 is 23.7 Å². The summed E-state index contributed by atoms with van der Waals surface area (Å²) in [6.07, 6.45) is 10.0. The highest BCUT2D eigenvalue weighted by Crippen LogP contribution is 2.42. The number of ether oxygens (including phenoxy) is 4. The quantitative estimate of drug-likeness (QED) is 0.296. The predicted molar refractivity (Wildman–Crippen MR) is 139 cm³/mol.